The Morgan fingerprint density at radius 1 is 1.25 bits per heavy atom. The molecule has 0 aliphatic carbocycles. The summed E-state index contributed by atoms with van der Waals surface area (Å²) in [7, 11) is 0. The summed E-state index contributed by atoms with van der Waals surface area (Å²) in [5.74, 6) is 0.886. The van der Waals surface area contributed by atoms with Crippen molar-refractivity contribution in [3.05, 3.63) is 0 Å². The fourth-order valence-electron chi connectivity index (χ4n) is 1.03. The van der Waals surface area contributed by atoms with Crippen molar-refractivity contribution >= 4 is 5.91 Å². The number of amides is 1. The van der Waals surface area contributed by atoms with Gasteiger partial charge in [-0.2, -0.15) is 0 Å². The van der Waals surface area contributed by atoms with Crippen molar-refractivity contribution in [3.63, 3.8) is 0 Å². The highest BCUT2D eigenvalue weighted by atomic mass is 16.1. The minimum atomic E-state index is 0.159. The molecule has 0 fully saturated rings. The Morgan fingerprint density at radius 3 is 2.25 bits per heavy atom. The minimum absolute atomic E-state index is 0.159. The van der Waals surface area contributed by atoms with Gasteiger partial charge in [0, 0.05) is 12.5 Å². The van der Waals surface area contributed by atoms with Crippen molar-refractivity contribution in [3.8, 4) is 0 Å². The molecule has 0 radical (unpaired) electrons. The number of rotatable bonds is 5. The molecule has 0 aromatic carbocycles. The van der Waals surface area contributed by atoms with Crippen molar-refractivity contribution in [2.75, 3.05) is 0 Å². The molecule has 0 spiro atoms. The van der Waals surface area contributed by atoms with E-state index in [1.165, 1.54) is 6.42 Å². The first-order chi connectivity index (χ1) is 5.56. The van der Waals surface area contributed by atoms with Crippen LogP contribution in [0, 0.1) is 5.92 Å². The number of hydrogen-bond acceptors (Lipinski definition) is 1. The van der Waals surface area contributed by atoms with E-state index in [0.717, 1.165) is 12.3 Å². The van der Waals surface area contributed by atoms with E-state index in [0.29, 0.717) is 12.5 Å². The van der Waals surface area contributed by atoms with Crippen LogP contribution in [-0.4, -0.2) is 11.9 Å². The summed E-state index contributed by atoms with van der Waals surface area (Å²) in [4.78, 5) is 11.0. The maximum absolute atomic E-state index is 11.0. The Balaban J connectivity index is 3.45. The van der Waals surface area contributed by atoms with Crippen LogP contribution in [0.3, 0.4) is 0 Å². The molecule has 1 amide bonds. The average Bonchev–Trinajstić information content (AvgIpc) is 2.00. The Hall–Kier alpha value is -0.530. The molecule has 0 saturated heterocycles. The van der Waals surface area contributed by atoms with Gasteiger partial charge in [0.25, 0.3) is 0 Å². The van der Waals surface area contributed by atoms with E-state index in [-0.39, 0.29) is 5.91 Å². The van der Waals surface area contributed by atoms with Gasteiger partial charge >= 0.3 is 0 Å². The summed E-state index contributed by atoms with van der Waals surface area (Å²) >= 11 is 0. The van der Waals surface area contributed by atoms with E-state index in [4.69, 9.17) is 0 Å². The molecule has 1 N–H and O–H groups in total. The first-order valence-electron chi connectivity index (χ1n) is 4.85. The number of carbonyl (C=O) groups excluding carboxylic acids is 1. The van der Waals surface area contributed by atoms with Gasteiger partial charge in [0.15, 0.2) is 0 Å². The highest BCUT2D eigenvalue weighted by Crippen LogP contribution is 2.06. The zero-order chi connectivity index (χ0) is 9.56. The molecule has 0 aromatic rings. The summed E-state index contributed by atoms with van der Waals surface area (Å²) in [5.41, 5.74) is 0. The van der Waals surface area contributed by atoms with Crippen LogP contribution in [-0.2, 0) is 4.79 Å². The van der Waals surface area contributed by atoms with Crippen molar-refractivity contribution < 1.29 is 4.79 Å². The van der Waals surface area contributed by atoms with Crippen molar-refractivity contribution in [2.24, 2.45) is 5.92 Å². The van der Waals surface area contributed by atoms with Gasteiger partial charge in [-0.3, -0.25) is 4.79 Å². The van der Waals surface area contributed by atoms with Crippen LogP contribution < -0.4 is 5.32 Å². The van der Waals surface area contributed by atoms with Gasteiger partial charge in [-0.1, -0.05) is 20.8 Å². The summed E-state index contributed by atoms with van der Waals surface area (Å²) in [5, 5.41) is 2.95. The molecule has 0 bridgehead atoms. The fourth-order valence-corrected chi connectivity index (χ4v) is 1.03. The molecular weight excluding hydrogens is 150 g/mol. The Bertz CT molecular complexity index is 132. The summed E-state index contributed by atoms with van der Waals surface area (Å²) < 4.78 is 0. The third-order valence-electron chi connectivity index (χ3n) is 1.91. The van der Waals surface area contributed by atoms with Gasteiger partial charge in [0.1, 0.15) is 0 Å². The molecule has 12 heavy (non-hydrogen) atoms. The maximum Gasteiger partial charge on any atom is 0.219 e. The Kier molecular flexibility index (Phi) is 5.77. The summed E-state index contributed by atoms with van der Waals surface area (Å²) in [6.45, 7) is 8.35. The van der Waals surface area contributed by atoms with Gasteiger partial charge in [-0.15, -0.1) is 0 Å². The Morgan fingerprint density at radius 2 is 1.83 bits per heavy atom. The standard InChI is InChI=1S/C10H21NO/c1-5-10(12)11-9(4)7-6-8(2)3/h8-9H,5-7H2,1-4H3,(H,11,12). The fraction of sp³-hybridized carbons (Fsp3) is 0.900. The second-order valence-electron chi connectivity index (χ2n) is 3.79. The van der Waals surface area contributed by atoms with Crippen molar-refractivity contribution in [1.29, 1.82) is 0 Å². The third-order valence-corrected chi connectivity index (χ3v) is 1.91. The van der Waals surface area contributed by atoms with Crippen LogP contribution in [0.2, 0.25) is 0 Å². The monoisotopic (exact) mass is 171 g/mol. The number of carbonyl (C=O) groups is 1. The van der Waals surface area contributed by atoms with Crippen molar-refractivity contribution in [1.82, 2.24) is 5.32 Å². The highest BCUT2D eigenvalue weighted by Gasteiger charge is 2.05. The first-order valence-corrected chi connectivity index (χ1v) is 4.85. The maximum atomic E-state index is 11.0. The molecule has 0 heterocycles. The lowest BCUT2D eigenvalue weighted by molar-refractivity contribution is -0.121. The molecule has 2 heteroatoms. The predicted molar refractivity (Wildman–Crippen MR) is 52.0 cm³/mol. The molecule has 72 valence electrons. The molecule has 0 aromatic heterocycles. The van der Waals surface area contributed by atoms with Crippen LogP contribution in [0.4, 0.5) is 0 Å². The van der Waals surface area contributed by atoms with E-state index in [9.17, 15) is 4.79 Å². The lowest BCUT2D eigenvalue weighted by Crippen LogP contribution is -2.31. The van der Waals surface area contributed by atoms with Gasteiger partial charge in [0.05, 0.1) is 0 Å². The van der Waals surface area contributed by atoms with Crippen LogP contribution >= 0.6 is 0 Å². The quantitative estimate of drug-likeness (QED) is 0.676. The van der Waals surface area contributed by atoms with E-state index in [2.05, 4.69) is 26.1 Å². The topological polar surface area (TPSA) is 29.1 Å². The molecule has 1 unspecified atom stereocenters. The second-order valence-corrected chi connectivity index (χ2v) is 3.79. The van der Waals surface area contributed by atoms with E-state index in [1.807, 2.05) is 6.92 Å². The van der Waals surface area contributed by atoms with Gasteiger partial charge < -0.3 is 5.32 Å². The predicted octanol–water partition coefficient (Wildman–Crippen LogP) is 2.34. The van der Waals surface area contributed by atoms with E-state index in [1.54, 1.807) is 0 Å². The van der Waals surface area contributed by atoms with Gasteiger partial charge in [0.2, 0.25) is 5.91 Å². The van der Waals surface area contributed by atoms with Crippen LogP contribution in [0.5, 0.6) is 0 Å². The summed E-state index contributed by atoms with van der Waals surface area (Å²) in [6.07, 6.45) is 2.86. The second kappa shape index (κ2) is 6.04. The normalized spacial score (nSPS) is 13.1. The van der Waals surface area contributed by atoms with Gasteiger partial charge in [-0.25, -0.2) is 0 Å². The molecule has 1 atom stereocenters. The first kappa shape index (κ1) is 11.5. The zero-order valence-electron chi connectivity index (χ0n) is 8.68. The molecular formula is C10H21NO. The van der Waals surface area contributed by atoms with E-state index >= 15 is 0 Å². The lowest BCUT2D eigenvalue weighted by atomic mass is 10.0. The molecule has 0 saturated carbocycles. The minimum Gasteiger partial charge on any atom is -0.354 e. The average molecular weight is 171 g/mol. The van der Waals surface area contributed by atoms with E-state index < -0.39 is 0 Å². The molecule has 0 aliphatic rings. The number of nitrogens with one attached hydrogen (secondary N) is 1. The number of hydrogen-bond donors (Lipinski definition) is 1. The zero-order valence-corrected chi connectivity index (χ0v) is 8.68. The Labute approximate surface area is 75.7 Å². The van der Waals surface area contributed by atoms with Crippen molar-refractivity contribution in [2.45, 2.75) is 53.0 Å². The van der Waals surface area contributed by atoms with Crippen LogP contribution in [0.15, 0.2) is 0 Å². The third kappa shape index (κ3) is 6.20. The summed E-state index contributed by atoms with van der Waals surface area (Å²) in [6, 6.07) is 0.333. The molecule has 0 aliphatic heterocycles. The lowest BCUT2D eigenvalue weighted by Gasteiger charge is -2.14. The van der Waals surface area contributed by atoms with Crippen LogP contribution in [0.1, 0.15) is 47.0 Å². The van der Waals surface area contributed by atoms with Gasteiger partial charge in [-0.05, 0) is 25.7 Å². The SMILES string of the molecule is CCC(=O)NC(C)CCC(C)C. The largest absolute Gasteiger partial charge is 0.354 e. The highest BCUT2D eigenvalue weighted by molar-refractivity contribution is 5.75. The molecule has 0 rings (SSSR count). The van der Waals surface area contributed by atoms with Crippen LogP contribution in [0.25, 0.3) is 0 Å². The smallest absolute Gasteiger partial charge is 0.219 e. The molecule has 2 nitrogen and oxygen atoms in total.